The summed E-state index contributed by atoms with van der Waals surface area (Å²) in [5, 5.41) is 4.15. The van der Waals surface area contributed by atoms with E-state index in [1.165, 1.54) is 4.70 Å². The van der Waals surface area contributed by atoms with Gasteiger partial charge < -0.3 is 10.2 Å². The number of anilines is 1. The summed E-state index contributed by atoms with van der Waals surface area (Å²) < 4.78 is 2.26. The largest absolute Gasteiger partial charge is 0.353 e. The first kappa shape index (κ1) is 13.5. The van der Waals surface area contributed by atoms with Crippen LogP contribution in [0.5, 0.6) is 0 Å². The lowest BCUT2D eigenvalue weighted by Gasteiger charge is -2.14. The number of carbonyl (C=O) groups excluding carboxylic acids is 1. The summed E-state index contributed by atoms with van der Waals surface area (Å²) in [6.45, 7) is 1.71. The number of rotatable bonds is 3. The summed E-state index contributed by atoms with van der Waals surface area (Å²) in [4.78, 5) is 19.1. The monoisotopic (exact) mass is 365 g/mol. The highest BCUT2D eigenvalue weighted by Gasteiger charge is 2.33. The number of hydrogen-bond donors (Lipinski definition) is 1. The van der Waals surface area contributed by atoms with Crippen molar-refractivity contribution in [3.8, 4) is 0 Å². The molecule has 1 aromatic carbocycles. The highest BCUT2D eigenvalue weighted by Crippen LogP contribution is 2.33. The minimum atomic E-state index is 0.115. The van der Waals surface area contributed by atoms with Gasteiger partial charge in [0.05, 0.1) is 16.1 Å². The van der Waals surface area contributed by atoms with Crippen LogP contribution in [0.25, 0.3) is 10.2 Å². The Bertz CT molecular complexity index is 697. The van der Waals surface area contributed by atoms with E-state index in [1.807, 2.05) is 12.1 Å². The predicted molar refractivity (Wildman–Crippen MR) is 88.8 cm³/mol. The summed E-state index contributed by atoms with van der Waals surface area (Å²) in [7, 11) is 0. The average Bonchev–Trinajstić information content (AvgIpc) is 3.01. The van der Waals surface area contributed by atoms with Crippen LogP contribution in [-0.2, 0) is 4.79 Å². The maximum absolute atomic E-state index is 12.1. The van der Waals surface area contributed by atoms with E-state index in [0.29, 0.717) is 6.04 Å². The fourth-order valence-corrected chi connectivity index (χ4v) is 4.27. The zero-order valence-corrected chi connectivity index (χ0v) is 13.9. The van der Waals surface area contributed by atoms with Crippen molar-refractivity contribution in [1.82, 2.24) is 10.3 Å². The summed E-state index contributed by atoms with van der Waals surface area (Å²) in [6, 6.07) is 6.60. The van der Waals surface area contributed by atoms with Gasteiger partial charge in [0.2, 0.25) is 5.91 Å². The Balaban J connectivity index is 1.49. The van der Waals surface area contributed by atoms with Crippen molar-refractivity contribution in [2.75, 3.05) is 18.0 Å². The molecule has 1 aliphatic heterocycles. The van der Waals surface area contributed by atoms with Gasteiger partial charge in [0.25, 0.3) is 0 Å². The Hall–Kier alpha value is -1.14. The minimum Gasteiger partial charge on any atom is -0.353 e. The standard InChI is InChI=1S/C15H16BrN3OS/c16-10-1-4-12-13(7-10)21-15(18-12)19-6-5-9(8-19)14(20)17-11-2-3-11/h1,4,7,9,11H,2-3,5-6,8H2,(H,17,20). The van der Waals surface area contributed by atoms with Crippen LogP contribution >= 0.6 is 27.3 Å². The molecule has 4 nitrogen and oxygen atoms in total. The van der Waals surface area contributed by atoms with Crippen LogP contribution in [-0.4, -0.2) is 30.0 Å². The lowest BCUT2D eigenvalue weighted by atomic mass is 10.1. The summed E-state index contributed by atoms with van der Waals surface area (Å²) >= 11 is 5.20. The Morgan fingerprint density at radius 3 is 3.05 bits per heavy atom. The molecule has 1 N–H and O–H groups in total. The van der Waals surface area contributed by atoms with Gasteiger partial charge in [-0.05, 0) is 37.5 Å². The van der Waals surface area contributed by atoms with Crippen molar-refractivity contribution in [1.29, 1.82) is 0 Å². The minimum absolute atomic E-state index is 0.115. The molecule has 110 valence electrons. The van der Waals surface area contributed by atoms with Gasteiger partial charge in [0.15, 0.2) is 5.13 Å². The van der Waals surface area contributed by atoms with E-state index >= 15 is 0 Å². The molecule has 1 amide bonds. The molecule has 2 aromatic rings. The second-order valence-corrected chi connectivity index (χ2v) is 7.75. The molecule has 1 saturated heterocycles. The van der Waals surface area contributed by atoms with E-state index in [4.69, 9.17) is 4.98 Å². The van der Waals surface area contributed by atoms with Crippen molar-refractivity contribution >= 4 is 48.5 Å². The summed E-state index contributed by atoms with van der Waals surface area (Å²) in [5.74, 6) is 0.341. The van der Waals surface area contributed by atoms with E-state index in [9.17, 15) is 4.79 Å². The fourth-order valence-electron chi connectivity index (χ4n) is 2.72. The number of nitrogens with zero attached hydrogens (tertiary/aromatic N) is 2. The Morgan fingerprint density at radius 2 is 2.24 bits per heavy atom. The molecule has 1 aliphatic carbocycles. The Morgan fingerprint density at radius 1 is 1.38 bits per heavy atom. The fraction of sp³-hybridized carbons (Fsp3) is 0.467. The second-order valence-electron chi connectivity index (χ2n) is 5.82. The Labute approximate surface area is 135 Å². The second kappa shape index (κ2) is 5.25. The van der Waals surface area contributed by atoms with Crippen LogP contribution in [0.1, 0.15) is 19.3 Å². The van der Waals surface area contributed by atoms with Crippen LogP contribution < -0.4 is 10.2 Å². The molecule has 1 aromatic heterocycles. The van der Waals surface area contributed by atoms with Crippen molar-refractivity contribution in [3.05, 3.63) is 22.7 Å². The van der Waals surface area contributed by atoms with Gasteiger partial charge in [-0.15, -0.1) is 0 Å². The number of fused-ring (bicyclic) bond motifs is 1. The van der Waals surface area contributed by atoms with E-state index in [-0.39, 0.29) is 11.8 Å². The van der Waals surface area contributed by atoms with Crippen LogP contribution in [0, 0.1) is 5.92 Å². The molecule has 2 fully saturated rings. The zero-order chi connectivity index (χ0) is 14.4. The first-order valence-corrected chi connectivity index (χ1v) is 8.91. The van der Waals surface area contributed by atoms with Crippen molar-refractivity contribution < 1.29 is 4.79 Å². The third-order valence-corrected chi connectivity index (χ3v) is 5.66. The lowest BCUT2D eigenvalue weighted by Crippen LogP contribution is -2.34. The number of nitrogens with one attached hydrogen (secondary N) is 1. The number of benzene rings is 1. The van der Waals surface area contributed by atoms with Gasteiger partial charge in [-0.25, -0.2) is 4.98 Å². The van der Waals surface area contributed by atoms with Crippen LogP contribution in [0.3, 0.4) is 0 Å². The molecule has 6 heteroatoms. The van der Waals surface area contributed by atoms with Gasteiger partial charge in [0.1, 0.15) is 0 Å². The lowest BCUT2D eigenvalue weighted by molar-refractivity contribution is -0.124. The first-order valence-electron chi connectivity index (χ1n) is 7.30. The average molecular weight is 366 g/mol. The zero-order valence-electron chi connectivity index (χ0n) is 11.5. The summed E-state index contributed by atoms with van der Waals surface area (Å²) in [5.41, 5.74) is 1.03. The van der Waals surface area contributed by atoms with Gasteiger partial charge >= 0.3 is 0 Å². The van der Waals surface area contributed by atoms with Crippen LogP contribution in [0.15, 0.2) is 22.7 Å². The number of halogens is 1. The van der Waals surface area contributed by atoms with E-state index in [0.717, 1.165) is 47.5 Å². The maximum atomic E-state index is 12.1. The number of carbonyl (C=O) groups is 1. The molecule has 1 unspecified atom stereocenters. The van der Waals surface area contributed by atoms with E-state index in [1.54, 1.807) is 11.3 Å². The number of hydrogen-bond acceptors (Lipinski definition) is 4. The third kappa shape index (κ3) is 2.79. The molecule has 0 bridgehead atoms. The highest BCUT2D eigenvalue weighted by molar-refractivity contribution is 9.10. The van der Waals surface area contributed by atoms with Crippen molar-refractivity contribution in [2.24, 2.45) is 5.92 Å². The molecule has 1 atom stereocenters. The molecular weight excluding hydrogens is 350 g/mol. The van der Waals surface area contributed by atoms with Gasteiger partial charge in [-0.2, -0.15) is 0 Å². The van der Waals surface area contributed by atoms with Crippen LogP contribution in [0.2, 0.25) is 0 Å². The topological polar surface area (TPSA) is 45.2 Å². The normalized spacial score (nSPS) is 22.0. The molecular formula is C15H16BrN3OS. The third-order valence-electron chi connectivity index (χ3n) is 4.09. The molecule has 0 radical (unpaired) electrons. The SMILES string of the molecule is O=C(NC1CC1)C1CCN(c2nc3ccc(Br)cc3s2)C1. The van der Waals surface area contributed by atoms with Gasteiger partial charge in [-0.1, -0.05) is 27.3 Å². The summed E-state index contributed by atoms with van der Waals surface area (Å²) in [6.07, 6.45) is 3.22. The predicted octanol–water partition coefficient (Wildman–Crippen LogP) is 3.16. The Kier molecular flexibility index (Phi) is 3.38. The molecule has 2 heterocycles. The van der Waals surface area contributed by atoms with Gasteiger partial charge in [-0.3, -0.25) is 4.79 Å². The molecule has 2 aliphatic rings. The molecule has 0 spiro atoms. The molecule has 21 heavy (non-hydrogen) atoms. The van der Waals surface area contributed by atoms with Crippen LogP contribution in [0.4, 0.5) is 5.13 Å². The quantitative estimate of drug-likeness (QED) is 0.908. The van der Waals surface area contributed by atoms with Crippen molar-refractivity contribution in [2.45, 2.75) is 25.3 Å². The van der Waals surface area contributed by atoms with Gasteiger partial charge in [0, 0.05) is 23.6 Å². The number of amides is 1. The molecule has 4 rings (SSSR count). The highest BCUT2D eigenvalue weighted by atomic mass is 79.9. The first-order chi connectivity index (χ1) is 10.2. The van der Waals surface area contributed by atoms with E-state index < -0.39 is 0 Å². The number of thiazole rings is 1. The smallest absolute Gasteiger partial charge is 0.225 e. The van der Waals surface area contributed by atoms with Crippen molar-refractivity contribution in [3.63, 3.8) is 0 Å². The maximum Gasteiger partial charge on any atom is 0.225 e. The number of aromatic nitrogens is 1. The van der Waals surface area contributed by atoms with E-state index in [2.05, 4.69) is 32.2 Å². The molecule has 1 saturated carbocycles.